The zero-order valence-corrected chi connectivity index (χ0v) is 54.5. The van der Waals surface area contributed by atoms with Crippen LogP contribution in [0.3, 0.4) is 0 Å². The number of carbonyl (C=O) groups is 2. The molecule has 536 valence electrons. The molecule has 6 aliphatic rings. The van der Waals surface area contributed by atoms with Crippen LogP contribution in [0.25, 0.3) is 45.0 Å². The number of pyridine rings is 2. The average molecular weight is 1440 g/mol. The molecule has 1 atom stereocenters. The minimum absolute atomic E-state index is 0.0136. The van der Waals surface area contributed by atoms with E-state index < -0.39 is 113 Å². The molecule has 2 N–H and O–H groups in total. The molecular formula is C70H60F14N16O3. The Morgan fingerprint density at radius 2 is 1.08 bits per heavy atom. The third kappa shape index (κ3) is 13.8. The number of carbonyl (C=O) groups excluding carboxylic acids is 2. The Morgan fingerprint density at radius 1 is 0.573 bits per heavy atom. The molecule has 2 amide bonds. The van der Waals surface area contributed by atoms with Crippen LogP contribution in [0, 0.1) is 28.1 Å². The number of fused-ring (bicyclic) bond motifs is 2. The summed E-state index contributed by atoms with van der Waals surface area (Å²) in [4.78, 5) is 43.8. The summed E-state index contributed by atoms with van der Waals surface area (Å²) in [5, 5.41) is 41.1. The van der Waals surface area contributed by atoms with Gasteiger partial charge in [0, 0.05) is 93.4 Å². The summed E-state index contributed by atoms with van der Waals surface area (Å²) >= 11 is 0. The number of hydrogen-bond donors (Lipinski definition) is 2. The minimum atomic E-state index is -5.06. The molecule has 2 saturated carbocycles. The Kier molecular flexibility index (Phi) is 17.6. The van der Waals surface area contributed by atoms with Crippen molar-refractivity contribution in [3.05, 3.63) is 153 Å². The van der Waals surface area contributed by atoms with Gasteiger partial charge >= 0.3 is 24.7 Å². The Bertz CT molecular complexity index is 4770. The molecule has 33 heteroatoms. The van der Waals surface area contributed by atoms with Crippen molar-refractivity contribution >= 4 is 35.1 Å². The van der Waals surface area contributed by atoms with Crippen LogP contribution in [0.4, 0.5) is 84.7 Å². The van der Waals surface area contributed by atoms with Gasteiger partial charge in [-0.25, -0.2) is 18.7 Å². The highest BCUT2D eigenvalue weighted by atomic mass is 19.4. The molecule has 4 aliphatic heterocycles. The second-order valence-electron chi connectivity index (χ2n) is 27.0. The van der Waals surface area contributed by atoms with Crippen molar-refractivity contribution in [3.63, 3.8) is 0 Å². The lowest BCUT2D eigenvalue weighted by Gasteiger charge is -2.40. The molecule has 0 bridgehead atoms. The number of nitriles is 2. The number of unbranched alkanes of at least 4 members (excludes halogenated alkanes) is 2. The van der Waals surface area contributed by atoms with Gasteiger partial charge in [0.25, 0.3) is 17.7 Å². The molecule has 19 nitrogen and oxygen atoms in total. The second-order valence-corrected chi connectivity index (χ2v) is 27.0. The fraction of sp³-hybridized carbons (Fsp3) is 0.400. The molecule has 4 aromatic heterocycles. The predicted octanol–water partition coefficient (Wildman–Crippen LogP) is 14.4. The van der Waals surface area contributed by atoms with E-state index in [0.717, 1.165) is 52.3 Å². The van der Waals surface area contributed by atoms with E-state index in [4.69, 9.17) is 4.74 Å². The van der Waals surface area contributed by atoms with Crippen LogP contribution in [0.1, 0.15) is 117 Å². The summed E-state index contributed by atoms with van der Waals surface area (Å²) in [5.41, 5.74) is -8.06. The van der Waals surface area contributed by atoms with Crippen LogP contribution >= 0.6 is 0 Å². The zero-order valence-electron chi connectivity index (χ0n) is 54.5. The molecule has 8 heterocycles. The van der Waals surface area contributed by atoms with E-state index in [0.29, 0.717) is 19.3 Å². The SMILES string of the molecule is Cn1cnnc1-c1ccc(C(F)(F)F)cc1-c1cc(NCCCC#N)nc(N2Cc3c(cc(CN4CC5(CC5)OCC4Cn4cnnc4-c4ccc(C(F)(F)F)cc4-c4cc(NCCCC#N)nc(N5Cc6c(cc(CN7CC(F)(F)C8(CC8)C7)cc6C(F)(F)F)C5=O)c4)cc3C(F)(F)F)C2=O)c1. The topological polar surface area (TPSA) is 215 Å². The fourth-order valence-electron chi connectivity index (χ4n) is 14.3. The Labute approximate surface area is 577 Å². The Morgan fingerprint density at radius 3 is 1.54 bits per heavy atom. The molecule has 1 unspecified atom stereocenters. The predicted molar refractivity (Wildman–Crippen MR) is 343 cm³/mol. The van der Waals surface area contributed by atoms with Crippen molar-refractivity contribution < 1.29 is 75.8 Å². The fourth-order valence-corrected chi connectivity index (χ4v) is 14.3. The highest BCUT2D eigenvalue weighted by molar-refractivity contribution is 6.11. The molecule has 4 fully saturated rings. The van der Waals surface area contributed by atoms with E-state index in [9.17, 15) is 46.5 Å². The van der Waals surface area contributed by atoms with Gasteiger partial charge in [0.2, 0.25) is 0 Å². The van der Waals surface area contributed by atoms with E-state index in [1.165, 1.54) is 69.2 Å². The first-order valence-corrected chi connectivity index (χ1v) is 32.8. The summed E-state index contributed by atoms with van der Waals surface area (Å²) in [5.74, 6) is -5.38. The minimum Gasteiger partial charge on any atom is -0.372 e. The van der Waals surface area contributed by atoms with E-state index in [1.807, 2.05) is 17.0 Å². The van der Waals surface area contributed by atoms with Crippen molar-refractivity contribution in [3.8, 4) is 57.2 Å². The number of hydrogen-bond acceptors (Lipinski definition) is 15. The molecule has 2 aliphatic carbocycles. The molecular weight excluding hydrogens is 1380 g/mol. The first-order valence-electron chi connectivity index (χ1n) is 32.8. The van der Waals surface area contributed by atoms with Gasteiger partial charge in [0.15, 0.2) is 11.6 Å². The van der Waals surface area contributed by atoms with Gasteiger partial charge < -0.3 is 24.5 Å². The number of benzene rings is 4. The van der Waals surface area contributed by atoms with E-state index in [-0.39, 0.29) is 175 Å². The van der Waals surface area contributed by atoms with Crippen LogP contribution < -0.4 is 20.4 Å². The lowest BCUT2D eigenvalue weighted by atomic mass is 9.96. The molecule has 103 heavy (non-hydrogen) atoms. The quantitative estimate of drug-likeness (QED) is 0.0536. The summed E-state index contributed by atoms with van der Waals surface area (Å²) in [6, 6.07) is 18.5. The van der Waals surface area contributed by atoms with E-state index in [2.05, 4.69) is 41.0 Å². The van der Waals surface area contributed by atoms with Crippen LogP contribution in [0.5, 0.6) is 0 Å². The number of halogens is 14. The molecule has 14 rings (SSSR count). The van der Waals surface area contributed by atoms with Crippen molar-refractivity contribution in [1.29, 1.82) is 10.5 Å². The summed E-state index contributed by atoms with van der Waals surface area (Å²) < 4.78 is 220. The lowest BCUT2D eigenvalue weighted by Crippen LogP contribution is -2.52. The third-order valence-corrected chi connectivity index (χ3v) is 19.8. The van der Waals surface area contributed by atoms with Gasteiger partial charge in [-0.1, -0.05) is 0 Å². The Balaban J connectivity index is 0.788. The van der Waals surface area contributed by atoms with Gasteiger partial charge in [-0.2, -0.15) is 63.2 Å². The summed E-state index contributed by atoms with van der Waals surface area (Å²) in [6.45, 7) is -2.43. The maximum atomic E-state index is 15.6. The number of anilines is 4. The highest BCUT2D eigenvalue weighted by Crippen LogP contribution is 2.61. The second kappa shape index (κ2) is 26.0. The number of likely N-dealkylation sites (tertiary alicyclic amines) is 1. The van der Waals surface area contributed by atoms with Gasteiger partial charge in [-0.3, -0.25) is 29.2 Å². The van der Waals surface area contributed by atoms with Crippen molar-refractivity contribution in [1.82, 2.24) is 49.3 Å². The number of ether oxygens (including phenoxy) is 1. The lowest BCUT2D eigenvalue weighted by molar-refractivity contribution is -0.139. The normalized spacial score (nSPS) is 18.4. The smallest absolute Gasteiger partial charge is 0.372 e. The van der Waals surface area contributed by atoms with Gasteiger partial charge in [0.1, 0.15) is 35.9 Å². The number of nitrogens with one attached hydrogen (secondary N) is 2. The van der Waals surface area contributed by atoms with Crippen LogP contribution in [0.2, 0.25) is 0 Å². The molecule has 2 spiro atoms. The van der Waals surface area contributed by atoms with Crippen LogP contribution in [-0.2, 0) is 69.2 Å². The number of rotatable bonds is 20. The van der Waals surface area contributed by atoms with Crippen molar-refractivity contribution in [2.45, 2.75) is 126 Å². The molecule has 8 aromatic rings. The van der Waals surface area contributed by atoms with E-state index in [1.54, 1.807) is 7.05 Å². The number of alkyl halides is 14. The number of aryl methyl sites for hydroxylation is 1. The van der Waals surface area contributed by atoms with E-state index >= 15 is 35.1 Å². The number of amides is 2. The van der Waals surface area contributed by atoms with Crippen LogP contribution in [-0.4, -0.2) is 118 Å². The van der Waals surface area contributed by atoms with Gasteiger partial charge in [0.05, 0.1) is 72.3 Å². The monoisotopic (exact) mass is 1440 g/mol. The van der Waals surface area contributed by atoms with Crippen LogP contribution in [0.15, 0.2) is 97.6 Å². The summed E-state index contributed by atoms with van der Waals surface area (Å²) in [7, 11) is 1.57. The number of nitrogens with zero attached hydrogens (tertiary/aromatic N) is 14. The number of morpholine rings is 1. The highest BCUT2D eigenvalue weighted by Gasteiger charge is 2.66. The summed E-state index contributed by atoms with van der Waals surface area (Å²) in [6.07, 6.45) is -14.9. The zero-order chi connectivity index (χ0) is 72.9. The molecule has 4 aromatic carbocycles. The van der Waals surface area contributed by atoms with Crippen molar-refractivity contribution in [2.24, 2.45) is 12.5 Å². The molecule has 2 saturated heterocycles. The Hall–Kier alpha value is -10.1. The average Bonchev–Trinajstić information content (AvgIpc) is 1.56. The van der Waals surface area contributed by atoms with Gasteiger partial charge in [-0.05, 0) is 168 Å². The van der Waals surface area contributed by atoms with Gasteiger partial charge in [-0.15, -0.1) is 20.4 Å². The first kappa shape index (κ1) is 69.9. The first-order chi connectivity index (χ1) is 48.8. The number of aromatic nitrogens is 8. The largest absolute Gasteiger partial charge is 0.416 e. The van der Waals surface area contributed by atoms with Crippen molar-refractivity contribution in [2.75, 3.05) is 59.8 Å². The third-order valence-electron chi connectivity index (χ3n) is 19.8. The molecule has 0 radical (unpaired) electrons. The standard InChI is InChI=1S/C70H60F14N16O3/c1-95-37-89-93-60(95)46-8-6-43(67(73,74)75)26-48(46)41-22-56(87-16-4-2-14-85)91-58(24-41)100-32-53-51(63(100)102)19-40(21-55(53)70(82,83)84)29-97-35-65(12-13-65)103-33-45(97)30-98-38-90-94-61(98)47-9-7-44(68(76,77)78)27-49(47)42-23-57(88-17-5-3-15-86)92-59(25-42)99-31-52-50(62(99)101)18-39(20-54(52)69(79,80)81)28-96-34-64(10-11-64)66(71,72)36-96/h6-9,18-27,37-38,45H,2-5,10-13,16-17,28-36H2,1H3,(H,87,91)(H,88,92). The maximum absolute atomic E-state index is 15.6. The maximum Gasteiger partial charge on any atom is 0.416 e.